The Morgan fingerprint density at radius 1 is 1.41 bits per heavy atom. The number of aromatic nitrogens is 2. The van der Waals surface area contributed by atoms with Crippen molar-refractivity contribution >= 4 is 33.7 Å². The molecule has 2 aromatic heterocycles. The summed E-state index contributed by atoms with van der Waals surface area (Å²) in [6.45, 7) is 5.16. The number of ether oxygens (including phenoxy) is 1. The van der Waals surface area contributed by atoms with Crippen molar-refractivity contribution < 1.29 is 9.13 Å². The normalized spacial score (nSPS) is 19.1. The molecular weight excluding hydrogens is 427 g/mol. The van der Waals surface area contributed by atoms with E-state index in [2.05, 4.69) is 27.9 Å². The number of benzene rings is 1. The molecule has 0 saturated carbocycles. The Kier molecular flexibility index (Phi) is 6.66. The number of anilines is 1. The van der Waals surface area contributed by atoms with Gasteiger partial charge in [0, 0.05) is 46.6 Å². The molecule has 1 fully saturated rings. The number of aryl methyl sites for hydroxylation is 1. The Balaban J connectivity index is 1.62. The fourth-order valence-electron chi connectivity index (χ4n) is 3.99. The Bertz CT molecular complexity index is 1160. The maximum absolute atomic E-state index is 13.7. The lowest BCUT2D eigenvalue weighted by Crippen LogP contribution is -2.43. The number of hydrogen-bond acceptors (Lipinski definition) is 8. The molecule has 0 bridgehead atoms. The highest BCUT2D eigenvalue weighted by molar-refractivity contribution is 7.19. The number of allylic oxidation sites excluding steroid dienone is 1. The third-order valence-electron chi connectivity index (χ3n) is 5.55. The molecule has 0 amide bonds. The van der Waals surface area contributed by atoms with E-state index in [1.807, 2.05) is 13.1 Å². The maximum Gasteiger partial charge on any atom is 0.227 e. The Morgan fingerprint density at radius 2 is 2.25 bits per heavy atom. The summed E-state index contributed by atoms with van der Waals surface area (Å²) in [6.07, 6.45) is 6.89. The van der Waals surface area contributed by atoms with Crippen LogP contribution in [0.2, 0.25) is 0 Å². The maximum atomic E-state index is 13.7. The predicted octanol–water partition coefficient (Wildman–Crippen LogP) is 4.45. The molecule has 0 aliphatic carbocycles. The molecule has 9 heteroatoms. The number of rotatable bonds is 7. The van der Waals surface area contributed by atoms with Crippen LogP contribution in [0.4, 0.5) is 10.3 Å². The number of fused-ring (bicyclic) bond motifs is 1. The molecule has 1 saturated heterocycles. The SMILES string of the molecule is COc1cc(F)ccc1-c1c(C)sc2cnc(N/C(C=N)=C/NC3CCNC(C)C3)nc12. The van der Waals surface area contributed by atoms with E-state index in [-0.39, 0.29) is 5.82 Å². The van der Waals surface area contributed by atoms with Crippen LogP contribution < -0.4 is 20.7 Å². The van der Waals surface area contributed by atoms with Crippen LogP contribution in [0.5, 0.6) is 5.75 Å². The average Bonchev–Trinajstić information content (AvgIpc) is 3.11. The first kappa shape index (κ1) is 22.2. The molecule has 4 rings (SSSR count). The van der Waals surface area contributed by atoms with Gasteiger partial charge in [-0.3, -0.25) is 0 Å². The minimum absolute atomic E-state index is 0.351. The van der Waals surface area contributed by atoms with Gasteiger partial charge >= 0.3 is 0 Å². The van der Waals surface area contributed by atoms with Crippen LogP contribution in [0.15, 0.2) is 36.3 Å². The van der Waals surface area contributed by atoms with Gasteiger partial charge in [0.2, 0.25) is 5.95 Å². The summed E-state index contributed by atoms with van der Waals surface area (Å²) in [7, 11) is 1.53. The second-order valence-corrected chi connectivity index (χ2v) is 9.15. The van der Waals surface area contributed by atoms with Gasteiger partial charge in [-0.15, -0.1) is 11.3 Å². The second-order valence-electron chi connectivity index (χ2n) is 7.90. The van der Waals surface area contributed by atoms with Crippen LogP contribution in [-0.4, -0.2) is 41.9 Å². The molecule has 2 atom stereocenters. The molecule has 0 spiro atoms. The van der Waals surface area contributed by atoms with Gasteiger partial charge in [-0.1, -0.05) is 0 Å². The summed E-state index contributed by atoms with van der Waals surface area (Å²) in [5, 5.41) is 17.7. The van der Waals surface area contributed by atoms with Gasteiger partial charge in [-0.2, -0.15) is 0 Å². The average molecular weight is 455 g/mol. The van der Waals surface area contributed by atoms with Gasteiger partial charge in [0.1, 0.15) is 11.6 Å². The molecule has 2 unspecified atom stereocenters. The zero-order valence-electron chi connectivity index (χ0n) is 18.3. The number of halogens is 1. The van der Waals surface area contributed by atoms with Crippen molar-refractivity contribution in [2.75, 3.05) is 19.0 Å². The summed E-state index contributed by atoms with van der Waals surface area (Å²) in [6, 6.07) is 5.35. The summed E-state index contributed by atoms with van der Waals surface area (Å²) in [5.41, 5.74) is 3.02. The number of piperidine rings is 1. The molecule has 1 aliphatic heterocycles. The molecule has 3 heterocycles. The number of hydrogen-bond donors (Lipinski definition) is 4. The Morgan fingerprint density at radius 3 is 3.00 bits per heavy atom. The van der Waals surface area contributed by atoms with E-state index in [4.69, 9.17) is 15.1 Å². The van der Waals surface area contributed by atoms with Crippen LogP contribution in [0.25, 0.3) is 21.3 Å². The Hall–Kier alpha value is -3.04. The first-order valence-corrected chi connectivity index (χ1v) is 11.4. The first-order chi connectivity index (χ1) is 15.5. The third kappa shape index (κ3) is 4.73. The quantitative estimate of drug-likeness (QED) is 0.394. The Labute approximate surface area is 190 Å². The van der Waals surface area contributed by atoms with E-state index in [1.165, 1.54) is 25.5 Å². The minimum Gasteiger partial charge on any atom is -0.496 e. The summed E-state index contributed by atoms with van der Waals surface area (Å²) in [4.78, 5) is 10.2. The molecule has 4 N–H and O–H groups in total. The van der Waals surface area contributed by atoms with E-state index in [1.54, 1.807) is 23.6 Å². The molecular formula is C23H27FN6OS. The molecule has 168 valence electrons. The fourth-order valence-corrected chi connectivity index (χ4v) is 4.98. The monoisotopic (exact) mass is 454 g/mol. The molecule has 1 aliphatic rings. The lowest BCUT2D eigenvalue weighted by molar-refractivity contribution is 0.354. The van der Waals surface area contributed by atoms with E-state index in [0.29, 0.717) is 29.5 Å². The summed E-state index contributed by atoms with van der Waals surface area (Å²) >= 11 is 1.58. The molecule has 0 radical (unpaired) electrons. The molecule has 1 aromatic carbocycles. The number of methoxy groups -OCH3 is 1. The summed E-state index contributed by atoms with van der Waals surface area (Å²) in [5.74, 6) is 0.505. The lowest BCUT2D eigenvalue weighted by atomic mass is 10.0. The van der Waals surface area contributed by atoms with Gasteiger partial charge in [0.05, 0.1) is 29.2 Å². The largest absolute Gasteiger partial charge is 0.496 e. The molecule has 7 nitrogen and oxygen atoms in total. The van der Waals surface area contributed by atoms with Gasteiger partial charge in [-0.05, 0) is 45.4 Å². The van der Waals surface area contributed by atoms with E-state index in [9.17, 15) is 4.39 Å². The predicted molar refractivity (Wildman–Crippen MR) is 128 cm³/mol. The fraction of sp³-hybridized carbons (Fsp3) is 0.348. The van der Waals surface area contributed by atoms with Crippen LogP contribution >= 0.6 is 11.3 Å². The number of thiophene rings is 1. The van der Waals surface area contributed by atoms with Crippen LogP contribution in [0.3, 0.4) is 0 Å². The highest BCUT2D eigenvalue weighted by Gasteiger charge is 2.19. The van der Waals surface area contributed by atoms with Gasteiger partial charge in [-0.25, -0.2) is 14.4 Å². The van der Waals surface area contributed by atoms with E-state index < -0.39 is 0 Å². The van der Waals surface area contributed by atoms with Crippen molar-refractivity contribution in [3.8, 4) is 16.9 Å². The standard InChI is InChI=1S/C23H27FN6OS/c1-13-8-16(6-7-26-13)27-11-17(10-25)29-23-28-12-20-22(30-23)21(14(2)32-20)18-5-4-15(24)9-19(18)31-3/h4-5,9-13,16,25-27H,6-8H2,1-3H3,(H,28,29,30)/b17-11+,25-10?. The minimum atomic E-state index is -0.351. The van der Waals surface area contributed by atoms with Crippen LogP contribution in [0, 0.1) is 18.2 Å². The van der Waals surface area contributed by atoms with Crippen LogP contribution in [-0.2, 0) is 0 Å². The first-order valence-electron chi connectivity index (χ1n) is 10.6. The van der Waals surface area contributed by atoms with Crippen molar-refractivity contribution in [1.82, 2.24) is 20.6 Å². The molecule has 32 heavy (non-hydrogen) atoms. The van der Waals surface area contributed by atoms with E-state index in [0.717, 1.165) is 45.6 Å². The van der Waals surface area contributed by atoms with Gasteiger partial charge < -0.3 is 26.1 Å². The smallest absolute Gasteiger partial charge is 0.227 e. The summed E-state index contributed by atoms with van der Waals surface area (Å²) < 4.78 is 20.1. The topological polar surface area (TPSA) is 95.0 Å². The van der Waals surface area contributed by atoms with Gasteiger partial charge in [0.25, 0.3) is 0 Å². The lowest BCUT2D eigenvalue weighted by Gasteiger charge is -2.28. The number of nitrogens with zero attached hydrogens (tertiary/aromatic N) is 2. The van der Waals surface area contributed by atoms with E-state index >= 15 is 0 Å². The van der Waals surface area contributed by atoms with Crippen molar-refractivity contribution in [2.24, 2.45) is 0 Å². The van der Waals surface area contributed by atoms with Crippen LogP contribution in [0.1, 0.15) is 24.6 Å². The number of nitrogens with one attached hydrogen (secondary N) is 4. The highest BCUT2D eigenvalue weighted by atomic mass is 32.1. The molecule has 3 aromatic rings. The highest BCUT2D eigenvalue weighted by Crippen LogP contribution is 2.41. The van der Waals surface area contributed by atoms with Crippen molar-refractivity contribution in [3.63, 3.8) is 0 Å². The van der Waals surface area contributed by atoms with Crippen molar-refractivity contribution in [3.05, 3.63) is 47.0 Å². The zero-order valence-corrected chi connectivity index (χ0v) is 19.1. The second kappa shape index (κ2) is 9.62. The van der Waals surface area contributed by atoms with Crippen molar-refractivity contribution in [1.29, 1.82) is 5.41 Å². The van der Waals surface area contributed by atoms with Crippen molar-refractivity contribution in [2.45, 2.75) is 38.8 Å². The van der Waals surface area contributed by atoms with Gasteiger partial charge in [0.15, 0.2) is 0 Å². The third-order valence-corrected chi connectivity index (χ3v) is 6.58. The zero-order chi connectivity index (χ0) is 22.7.